The Hall–Kier alpha value is -2.73. The van der Waals surface area contributed by atoms with E-state index in [4.69, 9.17) is 11.6 Å². The van der Waals surface area contributed by atoms with Gasteiger partial charge in [-0.15, -0.1) is 5.11 Å². The molecule has 1 heterocycles. The average Bonchev–Trinajstić information content (AvgIpc) is 2.72. The van der Waals surface area contributed by atoms with Crippen molar-refractivity contribution in [1.82, 2.24) is 4.98 Å². The number of nitrogens with zero attached hydrogens (tertiary/aromatic N) is 2. The summed E-state index contributed by atoms with van der Waals surface area (Å²) in [5.74, 6) is -0.802. The lowest BCUT2D eigenvalue weighted by molar-refractivity contribution is 0.405. The molecule has 0 amide bonds. The lowest BCUT2D eigenvalue weighted by Crippen LogP contribution is -1.70. The second kappa shape index (κ2) is 4.99. The molecule has 0 saturated carbocycles. The lowest BCUT2D eigenvalue weighted by Gasteiger charge is -1.97. The van der Waals surface area contributed by atoms with Crippen molar-refractivity contribution in [3.8, 4) is 17.4 Å². The highest BCUT2D eigenvalue weighted by Crippen LogP contribution is 2.40. The zero-order chi connectivity index (χ0) is 15.0. The maximum atomic E-state index is 9.85. The molecule has 0 unspecified atom stereocenters. The standard InChI is InChI=1S/C14H10ClN3O3/c15-7-2-1-3-8(4-7)17-18-13-9-5-11(19)12(20)6-10(9)16-14(13)21/h1-6,16,19-21H. The van der Waals surface area contributed by atoms with Crippen LogP contribution in [-0.4, -0.2) is 20.3 Å². The Balaban J connectivity index is 2.08. The molecule has 0 aliphatic rings. The van der Waals surface area contributed by atoms with Crippen LogP contribution in [0.3, 0.4) is 0 Å². The van der Waals surface area contributed by atoms with E-state index in [1.807, 2.05) is 0 Å². The van der Waals surface area contributed by atoms with E-state index in [0.29, 0.717) is 21.6 Å². The van der Waals surface area contributed by atoms with Crippen molar-refractivity contribution in [2.75, 3.05) is 0 Å². The van der Waals surface area contributed by atoms with E-state index < -0.39 is 0 Å². The summed E-state index contributed by atoms with van der Waals surface area (Å²) in [5, 5.41) is 37.7. The summed E-state index contributed by atoms with van der Waals surface area (Å²) in [4.78, 5) is 2.65. The van der Waals surface area contributed by atoms with Gasteiger partial charge in [-0.2, -0.15) is 5.11 Å². The Kier molecular flexibility index (Phi) is 3.15. The molecule has 0 saturated heterocycles. The van der Waals surface area contributed by atoms with Crippen molar-refractivity contribution in [2.24, 2.45) is 10.2 Å². The molecule has 0 spiro atoms. The minimum absolute atomic E-state index is 0.167. The summed E-state index contributed by atoms with van der Waals surface area (Å²) < 4.78 is 0. The normalized spacial score (nSPS) is 11.5. The Morgan fingerprint density at radius 1 is 0.952 bits per heavy atom. The number of benzene rings is 2. The molecule has 0 radical (unpaired) electrons. The summed E-state index contributed by atoms with van der Waals surface area (Å²) in [5.41, 5.74) is 1.13. The van der Waals surface area contributed by atoms with Crippen LogP contribution in [-0.2, 0) is 0 Å². The number of H-pyrrole nitrogens is 1. The van der Waals surface area contributed by atoms with Crippen LogP contribution < -0.4 is 0 Å². The molecule has 0 atom stereocenters. The highest BCUT2D eigenvalue weighted by molar-refractivity contribution is 6.30. The van der Waals surface area contributed by atoms with Gasteiger partial charge in [-0.25, -0.2) is 0 Å². The van der Waals surface area contributed by atoms with Gasteiger partial charge >= 0.3 is 0 Å². The van der Waals surface area contributed by atoms with Gasteiger partial charge in [-0.3, -0.25) is 0 Å². The summed E-state index contributed by atoms with van der Waals surface area (Å²) in [7, 11) is 0. The topological polar surface area (TPSA) is 101 Å². The third-order valence-corrected chi connectivity index (χ3v) is 3.16. The second-order valence-corrected chi connectivity index (χ2v) is 4.83. The Labute approximate surface area is 124 Å². The minimum atomic E-state index is -0.305. The van der Waals surface area contributed by atoms with E-state index in [9.17, 15) is 15.3 Å². The lowest BCUT2D eigenvalue weighted by atomic mass is 10.2. The van der Waals surface area contributed by atoms with Gasteiger partial charge in [0, 0.05) is 16.5 Å². The molecule has 21 heavy (non-hydrogen) atoms. The first-order valence-electron chi connectivity index (χ1n) is 5.98. The van der Waals surface area contributed by atoms with Crippen LogP contribution in [0.1, 0.15) is 0 Å². The van der Waals surface area contributed by atoms with Gasteiger partial charge in [0.15, 0.2) is 17.2 Å². The van der Waals surface area contributed by atoms with Gasteiger partial charge < -0.3 is 20.3 Å². The van der Waals surface area contributed by atoms with Gasteiger partial charge in [-0.1, -0.05) is 17.7 Å². The predicted molar refractivity (Wildman–Crippen MR) is 78.9 cm³/mol. The zero-order valence-electron chi connectivity index (χ0n) is 10.6. The van der Waals surface area contributed by atoms with Gasteiger partial charge in [0.05, 0.1) is 11.2 Å². The molecular weight excluding hydrogens is 294 g/mol. The number of phenols is 2. The first-order valence-corrected chi connectivity index (χ1v) is 6.36. The Morgan fingerprint density at radius 3 is 2.48 bits per heavy atom. The molecule has 0 fully saturated rings. The van der Waals surface area contributed by atoms with Crippen LogP contribution in [0, 0.1) is 0 Å². The van der Waals surface area contributed by atoms with E-state index >= 15 is 0 Å². The van der Waals surface area contributed by atoms with Crippen molar-refractivity contribution in [3.05, 3.63) is 41.4 Å². The van der Waals surface area contributed by atoms with Crippen molar-refractivity contribution >= 4 is 33.9 Å². The fraction of sp³-hybridized carbons (Fsp3) is 0. The summed E-state index contributed by atoms with van der Waals surface area (Å²) in [6, 6.07) is 9.38. The number of fused-ring (bicyclic) bond motifs is 1. The third kappa shape index (κ3) is 2.48. The van der Waals surface area contributed by atoms with Crippen molar-refractivity contribution in [2.45, 2.75) is 0 Å². The average molecular weight is 304 g/mol. The quantitative estimate of drug-likeness (QED) is 0.418. The molecule has 4 N–H and O–H groups in total. The summed E-state index contributed by atoms with van der Waals surface area (Å²) in [6.07, 6.45) is 0. The first kappa shape index (κ1) is 13.3. The zero-order valence-corrected chi connectivity index (χ0v) is 11.3. The second-order valence-electron chi connectivity index (χ2n) is 4.39. The molecule has 3 rings (SSSR count). The van der Waals surface area contributed by atoms with Crippen LogP contribution in [0.25, 0.3) is 10.9 Å². The van der Waals surface area contributed by atoms with Crippen molar-refractivity contribution in [1.29, 1.82) is 0 Å². The van der Waals surface area contributed by atoms with E-state index in [-0.39, 0.29) is 23.1 Å². The number of halogens is 1. The first-order chi connectivity index (χ1) is 10.0. The number of nitrogens with one attached hydrogen (secondary N) is 1. The number of aromatic hydroxyl groups is 3. The SMILES string of the molecule is Oc1cc2[nH]c(O)c(N=Nc3cccc(Cl)c3)c2cc1O. The molecular formula is C14H10ClN3O3. The van der Waals surface area contributed by atoms with E-state index in [1.165, 1.54) is 12.1 Å². The number of aromatic amines is 1. The fourth-order valence-electron chi connectivity index (χ4n) is 1.94. The summed E-state index contributed by atoms with van der Waals surface area (Å²) >= 11 is 5.85. The number of rotatable bonds is 2. The smallest absolute Gasteiger partial charge is 0.218 e. The van der Waals surface area contributed by atoms with Gasteiger partial charge in [0.1, 0.15) is 0 Å². The number of hydrogen-bond donors (Lipinski definition) is 4. The van der Waals surface area contributed by atoms with Crippen molar-refractivity contribution in [3.63, 3.8) is 0 Å². The molecule has 106 valence electrons. The number of azo groups is 1. The largest absolute Gasteiger partial charge is 0.504 e. The Morgan fingerprint density at radius 2 is 1.71 bits per heavy atom. The number of phenolic OH excluding ortho intramolecular Hbond substituents is 2. The molecule has 6 nitrogen and oxygen atoms in total. The predicted octanol–water partition coefficient (Wildman–Crippen LogP) is 4.35. The Bertz CT molecular complexity index is 858. The fourth-order valence-corrected chi connectivity index (χ4v) is 2.12. The van der Waals surface area contributed by atoms with Crippen LogP contribution in [0.5, 0.6) is 17.4 Å². The van der Waals surface area contributed by atoms with Crippen LogP contribution in [0.15, 0.2) is 46.6 Å². The van der Waals surface area contributed by atoms with E-state index in [1.54, 1.807) is 24.3 Å². The highest BCUT2D eigenvalue weighted by Gasteiger charge is 2.13. The molecule has 2 aromatic carbocycles. The van der Waals surface area contributed by atoms with Crippen molar-refractivity contribution < 1.29 is 15.3 Å². The minimum Gasteiger partial charge on any atom is -0.504 e. The van der Waals surface area contributed by atoms with E-state index in [0.717, 1.165) is 0 Å². The monoisotopic (exact) mass is 303 g/mol. The van der Waals surface area contributed by atoms with Gasteiger partial charge in [-0.05, 0) is 24.3 Å². The molecule has 3 aromatic rings. The number of hydrogen-bond acceptors (Lipinski definition) is 5. The molecule has 1 aromatic heterocycles. The molecule has 0 aliphatic heterocycles. The van der Waals surface area contributed by atoms with Crippen LogP contribution in [0.4, 0.5) is 11.4 Å². The maximum absolute atomic E-state index is 9.85. The molecule has 0 aliphatic carbocycles. The number of aromatic nitrogens is 1. The third-order valence-electron chi connectivity index (χ3n) is 2.92. The highest BCUT2D eigenvalue weighted by atomic mass is 35.5. The van der Waals surface area contributed by atoms with E-state index in [2.05, 4.69) is 15.2 Å². The van der Waals surface area contributed by atoms with Crippen LogP contribution >= 0.6 is 11.6 Å². The summed E-state index contributed by atoms with van der Waals surface area (Å²) in [6.45, 7) is 0. The van der Waals surface area contributed by atoms with Gasteiger partial charge in [0.25, 0.3) is 0 Å². The molecule has 0 bridgehead atoms. The van der Waals surface area contributed by atoms with Crippen LogP contribution in [0.2, 0.25) is 5.02 Å². The van der Waals surface area contributed by atoms with Gasteiger partial charge in [0.2, 0.25) is 5.88 Å². The maximum Gasteiger partial charge on any atom is 0.218 e. The molecule has 7 heteroatoms.